The molecule has 2 unspecified atom stereocenters. The zero-order chi connectivity index (χ0) is 14.1. The van der Waals surface area contributed by atoms with Crippen LogP contribution in [0.5, 0.6) is 0 Å². The van der Waals surface area contributed by atoms with E-state index in [1.54, 1.807) is 0 Å². The summed E-state index contributed by atoms with van der Waals surface area (Å²) >= 11 is 0. The van der Waals surface area contributed by atoms with Crippen molar-refractivity contribution in [3.63, 3.8) is 0 Å². The highest BCUT2D eigenvalue weighted by Crippen LogP contribution is 2.10. The first kappa shape index (κ1) is 16.4. The van der Waals surface area contributed by atoms with Gasteiger partial charge in [-0.1, -0.05) is 26.7 Å². The van der Waals surface area contributed by atoms with Gasteiger partial charge in [0, 0.05) is 25.6 Å². The molecule has 0 spiro atoms. The molecule has 3 N–H and O–H groups in total. The Morgan fingerprint density at radius 3 is 2.63 bits per heavy atom. The van der Waals surface area contributed by atoms with Gasteiger partial charge in [0.2, 0.25) is 5.91 Å². The van der Waals surface area contributed by atoms with Crippen LogP contribution in [0.2, 0.25) is 0 Å². The zero-order valence-electron chi connectivity index (χ0n) is 12.7. The average Bonchev–Trinajstić information content (AvgIpc) is 2.38. The Hall–Kier alpha value is -0.610. The van der Waals surface area contributed by atoms with Crippen LogP contribution in [0.1, 0.15) is 52.4 Å². The van der Waals surface area contributed by atoms with Crippen LogP contribution in [0.4, 0.5) is 0 Å². The van der Waals surface area contributed by atoms with E-state index in [1.807, 2.05) is 0 Å². The number of piperidine rings is 1. The summed E-state index contributed by atoms with van der Waals surface area (Å²) in [5.74, 6) is 0.621. The minimum absolute atomic E-state index is 0.0161. The van der Waals surface area contributed by atoms with Gasteiger partial charge >= 0.3 is 0 Å². The van der Waals surface area contributed by atoms with Gasteiger partial charge in [-0.05, 0) is 38.3 Å². The molecule has 0 radical (unpaired) electrons. The maximum atomic E-state index is 11.7. The second kappa shape index (κ2) is 9.32. The van der Waals surface area contributed by atoms with Crippen LogP contribution >= 0.6 is 0 Å². The van der Waals surface area contributed by atoms with Crippen molar-refractivity contribution < 1.29 is 4.79 Å². The van der Waals surface area contributed by atoms with Crippen LogP contribution in [0, 0.1) is 5.92 Å². The number of likely N-dealkylation sites (tertiary alicyclic amines) is 1. The standard InChI is InChI=1S/C15H31N3O/c1-3-7-14(16)10-15(19)17-11-13(2)12-18-8-5-4-6-9-18/h13-14H,3-12,16H2,1-2H3,(H,17,19). The molecule has 1 amide bonds. The van der Waals surface area contributed by atoms with Crippen LogP contribution < -0.4 is 11.1 Å². The van der Waals surface area contributed by atoms with Gasteiger partial charge in [0.15, 0.2) is 0 Å². The van der Waals surface area contributed by atoms with Gasteiger partial charge in [-0.15, -0.1) is 0 Å². The van der Waals surface area contributed by atoms with E-state index < -0.39 is 0 Å². The van der Waals surface area contributed by atoms with Crippen LogP contribution in [0.3, 0.4) is 0 Å². The fraction of sp³-hybridized carbons (Fsp3) is 0.933. The van der Waals surface area contributed by atoms with Crippen molar-refractivity contribution in [1.29, 1.82) is 0 Å². The maximum Gasteiger partial charge on any atom is 0.221 e. The monoisotopic (exact) mass is 269 g/mol. The molecule has 0 aromatic carbocycles. The van der Waals surface area contributed by atoms with Crippen LogP contribution in [0.15, 0.2) is 0 Å². The highest BCUT2D eigenvalue weighted by Gasteiger charge is 2.14. The Bertz CT molecular complexity index is 252. The van der Waals surface area contributed by atoms with Gasteiger partial charge < -0.3 is 16.0 Å². The summed E-state index contributed by atoms with van der Waals surface area (Å²) in [5, 5.41) is 3.02. The van der Waals surface area contributed by atoms with Gasteiger partial charge in [-0.2, -0.15) is 0 Å². The molecule has 0 aromatic heterocycles. The first-order valence-corrected chi connectivity index (χ1v) is 7.86. The molecule has 0 aromatic rings. The molecule has 0 aliphatic carbocycles. The maximum absolute atomic E-state index is 11.7. The Morgan fingerprint density at radius 2 is 2.00 bits per heavy atom. The molecular weight excluding hydrogens is 238 g/mol. The zero-order valence-corrected chi connectivity index (χ0v) is 12.7. The Balaban J connectivity index is 2.11. The van der Waals surface area contributed by atoms with Gasteiger partial charge in [-0.3, -0.25) is 4.79 Å². The largest absolute Gasteiger partial charge is 0.356 e. The molecule has 0 bridgehead atoms. The number of rotatable bonds is 8. The van der Waals surface area contributed by atoms with Crippen molar-refractivity contribution in [1.82, 2.24) is 10.2 Å². The lowest BCUT2D eigenvalue weighted by Crippen LogP contribution is -2.39. The summed E-state index contributed by atoms with van der Waals surface area (Å²) in [7, 11) is 0. The molecular formula is C15H31N3O. The first-order valence-electron chi connectivity index (χ1n) is 7.86. The van der Waals surface area contributed by atoms with Crippen LogP contribution in [-0.2, 0) is 4.79 Å². The van der Waals surface area contributed by atoms with Crippen molar-refractivity contribution in [3.05, 3.63) is 0 Å². The number of hydrogen-bond donors (Lipinski definition) is 2. The van der Waals surface area contributed by atoms with Crippen molar-refractivity contribution in [2.24, 2.45) is 11.7 Å². The molecule has 1 aliphatic rings. The normalized spacial score (nSPS) is 19.9. The highest BCUT2D eigenvalue weighted by atomic mass is 16.1. The highest BCUT2D eigenvalue weighted by molar-refractivity contribution is 5.76. The number of carbonyl (C=O) groups excluding carboxylic acids is 1. The fourth-order valence-electron chi connectivity index (χ4n) is 2.72. The molecule has 1 saturated heterocycles. The molecule has 1 heterocycles. The lowest BCUT2D eigenvalue weighted by atomic mass is 10.1. The van der Waals surface area contributed by atoms with E-state index in [4.69, 9.17) is 5.73 Å². The van der Waals surface area contributed by atoms with E-state index in [0.29, 0.717) is 12.3 Å². The Kier molecular flexibility index (Phi) is 8.07. The number of carbonyl (C=O) groups is 1. The van der Waals surface area contributed by atoms with Gasteiger partial charge in [-0.25, -0.2) is 0 Å². The topological polar surface area (TPSA) is 58.4 Å². The van der Waals surface area contributed by atoms with E-state index in [0.717, 1.165) is 25.9 Å². The van der Waals surface area contributed by atoms with Crippen molar-refractivity contribution in [2.75, 3.05) is 26.2 Å². The number of hydrogen-bond acceptors (Lipinski definition) is 3. The summed E-state index contributed by atoms with van der Waals surface area (Å²) in [4.78, 5) is 14.2. The number of amides is 1. The molecule has 4 heteroatoms. The number of nitrogens with one attached hydrogen (secondary N) is 1. The van der Waals surface area contributed by atoms with E-state index in [-0.39, 0.29) is 11.9 Å². The summed E-state index contributed by atoms with van der Waals surface area (Å²) < 4.78 is 0. The molecule has 2 atom stereocenters. The van der Waals surface area contributed by atoms with E-state index in [1.165, 1.54) is 32.4 Å². The van der Waals surface area contributed by atoms with E-state index in [9.17, 15) is 4.79 Å². The SMILES string of the molecule is CCCC(N)CC(=O)NCC(C)CN1CCCCC1. The molecule has 4 nitrogen and oxygen atoms in total. The third-order valence-corrected chi connectivity index (χ3v) is 3.77. The molecule has 1 fully saturated rings. The average molecular weight is 269 g/mol. The lowest BCUT2D eigenvalue weighted by molar-refractivity contribution is -0.121. The summed E-state index contributed by atoms with van der Waals surface area (Å²) in [5.41, 5.74) is 5.87. The predicted molar refractivity (Wildman–Crippen MR) is 80.0 cm³/mol. The Labute approximate surface area is 118 Å². The van der Waals surface area contributed by atoms with Crippen LogP contribution in [0.25, 0.3) is 0 Å². The van der Waals surface area contributed by atoms with Crippen molar-refractivity contribution >= 4 is 5.91 Å². The lowest BCUT2D eigenvalue weighted by Gasteiger charge is -2.29. The minimum atomic E-state index is 0.0161. The molecule has 1 aliphatic heterocycles. The smallest absolute Gasteiger partial charge is 0.221 e. The third-order valence-electron chi connectivity index (χ3n) is 3.77. The predicted octanol–water partition coefficient (Wildman–Crippen LogP) is 1.74. The summed E-state index contributed by atoms with van der Waals surface area (Å²) in [6.45, 7) is 8.62. The number of nitrogens with zero attached hydrogens (tertiary/aromatic N) is 1. The minimum Gasteiger partial charge on any atom is -0.356 e. The summed E-state index contributed by atoms with van der Waals surface area (Å²) in [6.07, 6.45) is 6.45. The van der Waals surface area contributed by atoms with Gasteiger partial charge in [0.05, 0.1) is 0 Å². The summed E-state index contributed by atoms with van der Waals surface area (Å²) in [6, 6.07) is 0.0161. The van der Waals surface area contributed by atoms with E-state index in [2.05, 4.69) is 24.1 Å². The molecule has 19 heavy (non-hydrogen) atoms. The third kappa shape index (κ3) is 7.53. The molecule has 112 valence electrons. The van der Waals surface area contributed by atoms with Crippen molar-refractivity contribution in [3.8, 4) is 0 Å². The second-order valence-electron chi connectivity index (χ2n) is 6.02. The van der Waals surface area contributed by atoms with E-state index >= 15 is 0 Å². The fourth-order valence-corrected chi connectivity index (χ4v) is 2.72. The quantitative estimate of drug-likeness (QED) is 0.706. The second-order valence-corrected chi connectivity index (χ2v) is 6.02. The van der Waals surface area contributed by atoms with Crippen molar-refractivity contribution in [2.45, 2.75) is 58.4 Å². The first-order chi connectivity index (χ1) is 9.11. The Morgan fingerprint density at radius 1 is 1.32 bits per heavy atom. The van der Waals surface area contributed by atoms with Gasteiger partial charge in [0.1, 0.15) is 0 Å². The number of nitrogens with two attached hydrogens (primary N) is 1. The van der Waals surface area contributed by atoms with Gasteiger partial charge in [0.25, 0.3) is 0 Å². The molecule has 1 rings (SSSR count). The van der Waals surface area contributed by atoms with Crippen LogP contribution in [-0.4, -0.2) is 43.0 Å². The molecule has 0 saturated carbocycles.